The Hall–Kier alpha value is -1.88. The fourth-order valence-electron chi connectivity index (χ4n) is 3.14. The van der Waals surface area contributed by atoms with Crippen LogP contribution in [0, 0.1) is 12.8 Å². The van der Waals surface area contributed by atoms with Gasteiger partial charge in [-0.15, -0.1) is 0 Å². The van der Waals surface area contributed by atoms with Gasteiger partial charge in [-0.3, -0.25) is 9.59 Å². The number of hydrogen-bond donors (Lipinski definition) is 3. The van der Waals surface area contributed by atoms with Crippen molar-refractivity contribution in [3.63, 3.8) is 0 Å². The van der Waals surface area contributed by atoms with Crippen molar-refractivity contribution in [2.45, 2.75) is 64.6 Å². The monoisotopic (exact) mass is 331 g/mol. The molecule has 4 N–H and O–H groups in total. The zero-order valence-electron chi connectivity index (χ0n) is 14.8. The molecule has 0 radical (unpaired) electrons. The van der Waals surface area contributed by atoms with Crippen molar-refractivity contribution < 1.29 is 9.59 Å². The second-order valence-electron chi connectivity index (χ2n) is 7.13. The molecule has 1 aromatic rings. The van der Waals surface area contributed by atoms with Gasteiger partial charge in [0, 0.05) is 17.6 Å². The number of hydrogen-bond acceptors (Lipinski definition) is 3. The SMILES string of the molecule is Cc1ccccc1C(=O)NC(C(=O)NC1CCC(N)CC1)C(C)C. The van der Waals surface area contributed by atoms with E-state index in [1.807, 2.05) is 39.0 Å². The summed E-state index contributed by atoms with van der Waals surface area (Å²) < 4.78 is 0. The van der Waals surface area contributed by atoms with Gasteiger partial charge in [0.25, 0.3) is 5.91 Å². The molecule has 5 heteroatoms. The molecule has 24 heavy (non-hydrogen) atoms. The summed E-state index contributed by atoms with van der Waals surface area (Å²) in [4.78, 5) is 25.1. The van der Waals surface area contributed by atoms with Gasteiger partial charge in [-0.2, -0.15) is 0 Å². The third-order valence-corrected chi connectivity index (χ3v) is 4.74. The molecule has 2 rings (SSSR count). The lowest BCUT2D eigenvalue weighted by molar-refractivity contribution is -0.124. The molecule has 1 aliphatic carbocycles. The maximum absolute atomic E-state index is 12.6. The lowest BCUT2D eigenvalue weighted by Gasteiger charge is -2.29. The van der Waals surface area contributed by atoms with E-state index in [-0.39, 0.29) is 29.8 Å². The fraction of sp³-hybridized carbons (Fsp3) is 0.579. The molecular weight excluding hydrogens is 302 g/mol. The molecule has 132 valence electrons. The van der Waals surface area contributed by atoms with E-state index in [1.54, 1.807) is 6.07 Å². The number of rotatable bonds is 5. The van der Waals surface area contributed by atoms with Crippen LogP contribution in [0.3, 0.4) is 0 Å². The van der Waals surface area contributed by atoms with E-state index >= 15 is 0 Å². The van der Waals surface area contributed by atoms with Crippen molar-refractivity contribution in [1.82, 2.24) is 10.6 Å². The highest BCUT2D eigenvalue weighted by molar-refractivity contribution is 5.98. The van der Waals surface area contributed by atoms with Crippen LogP contribution < -0.4 is 16.4 Å². The Morgan fingerprint density at radius 3 is 2.33 bits per heavy atom. The maximum Gasteiger partial charge on any atom is 0.252 e. The van der Waals surface area contributed by atoms with Gasteiger partial charge >= 0.3 is 0 Å². The number of nitrogens with two attached hydrogens (primary N) is 1. The molecule has 0 spiro atoms. The van der Waals surface area contributed by atoms with E-state index in [4.69, 9.17) is 5.73 Å². The number of carbonyl (C=O) groups is 2. The van der Waals surface area contributed by atoms with Crippen LogP contribution in [0.25, 0.3) is 0 Å². The van der Waals surface area contributed by atoms with Crippen LogP contribution in [-0.2, 0) is 4.79 Å². The summed E-state index contributed by atoms with van der Waals surface area (Å²) in [6.45, 7) is 5.78. The quantitative estimate of drug-likeness (QED) is 0.773. The van der Waals surface area contributed by atoms with E-state index in [9.17, 15) is 9.59 Å². The second-order valence-corrected chi connectivity index (χ2v) is 7.13. The van der Waals surface area contributed by atoms with Crippen molar-refractivity contribution in [2.75, 3.05) is 0 Å². The van der Waals surface area contributed by atoms with Crippen LogP contribution in [0.4, 0.5) is 0 Å². The molecule has 1 fully saturated rings. The Labute approximate surface area is 144 Å². The highest BCUT2D eigenvalue weighted by Crippen LogP contribution is 2.17. The first-order valence-electron chi connectivity index (χ1n) is 8.81. The van der Waals surface area contributed by atoms with Crippen molar-refractivity contribution in [3.05, 3.63) is 35.4 Å². The number of nitrogens with one attached hydrogen (secondary N) is 2. The van der Waals surface area contributed by atoms with Crippen LogP contribution in [0.15, 0.2) is 24.3 Å². The van der Waals surface area contributed by atoms with Gasteiger partial charge in [0.05, 0.1) is 0 Å². The third-order valence-electron chi connectivity index (χ3n) is 4.74. The molecule has 1 aliphatic rings. The molecule has 0 aromatic heterocycles. The topological polar surface area (TPSA) is 84.2 Å². The molecule has 1 atom stereocenters. The molecule has 0 heterocycles. The second kappa shape index (κ2) is 8.29. The summed E-state index contributed by atoms with van der Waals surface area (Å²) in [5.74, 6) is -0.288. The van der Waals surface area contributed by atoms with Gasteiger partial charge in [-0.25, -0.2) is 0 Å². The summed E-state index contributed by atoms with van der Waals surface area (Å²) in [6.07, 6.45) is 3.69. The standard InChI is InChI=1S/C19H29N3O2/c1-12(2)17(19(24)21-15-10-8-14(20)9-11-15)22-18(23)16-7-5-4-6-13(16)3/h4-7,12,14-15,17H,8-11,20H2,1-3H3,(H,21,24)(H,22,23). The zero-order chi connectivity index (χ0) is 17.7. The number of aryl methyl sites for hydroxylation is 1. The Morgan fingerprint density at radius 2 is 1.75 bits per heavy atom. The van der Waals surface area contributed by atoms with Crippen molar-refractivity contribution in [2.24, 2.45) is 11.7 Å². The Kier molecular flexibility index (Phi) is 6.37. The Balaban J connectivity index is 1.99. The average molecular weight is 331 g/mol. The highest BCUT2D eigenvalue weighted by Gasteiger charge is 2.28. The van der Waals surface area contributed by atoms with Gasteiger partial charge in [-0.1, -0.05) is 32.0 Å². The molecule has 0 bridgehead atoms. The molecule has 1 unspecified atom stereocenters. The average Bonchev–Trinajstić information content (AvgIpc) is 2.54. The van der Waals surface area contributed by atoms with Crippen molar-refractivity contribution in [3.8, 4) is 0 Å². The van der Waals surface area contributed by atoms with Crippen LogP contribution in [0.1, 0.15) is 55.5 Å². The van der Waals surface area contributed by atoms with E-state index in [0.717, 1.165) is 31.2 Å². The maximum atomic E-state index is 12.6. The summed E-state index contributed by atoms with van der Waals surface area (Å²) >= 11 is 0. The van der Waals surface area contributed by atoms with Gasteiger partial charge < -0.3 is 16.4 Å². The predicted molar refractivity (Wildman–Crippen MR) is 95.6 cm³/mol. The Bertz CT molecular complexity index is 578. The van der Waals surface area contributed by atoms with Crippen LogP contribution >= 0.6 is 0 Å². The highest BCUT2D eigenvalue weighted by atomic mass is 16.2. The smallest absolute Gasteiger partial charge is 0.252 e. The minimum Gasteiger partial charge on any atom is -0.352 e. The molecule has 1 aromatic carbocycles. The van der Waals surface area contributed by atoms with Crippen molar-refractivity contribution in [1.29, 1.82) is 0 Å². The first-order valence-corrected chi connectivity index (χ1v) is 8.81. The van der Waals surface area contributed by atoms with E-state index in [1.165, 1.54) is 0 Å². The molecule has 5 nitrogen and oxygen atoms in total. The first-order chi connectivity index (χ1) is 11.4. The molecular formula is C19H29N3O2. The van der Waals surface area contributed by atoms with Gasteiger partial charge in [-0.05, 0) is 50.2 Å². The van der Waals surface area contributed by atoms with Crippen LogP contribution in [-0.4, -0.2) is 29.9 Å². The summed E-state index contributed by atoms with van der Waals surface area (Å²) in [7, 11) is 0. The molecule has 0 saturated heterocycles. The van der Waals surface area contributed by atoms with E-state index in [2.05, 4.69) is 10.6 Å². The van der Waals surface area contributed by atoms with Crippen LogP contribution in [0.2, 0.25) is 0 Å². The molecule has 0 aliphatic heterocycles. The largest absolute Gasteiger partial charge is 0.352 e. The van der Waals surface area contributed by atoms with Gasteiger partial charge in [0.2, 0.25) is 5.91 Å². The minimum absolute atomic E-state index is 0.0174. The lowest BCUT2D eigenvalue weighted by Crippen LogP contribution is -2.53. The summed E-state index contributed by atoms with van der Waals surface area (Å²) in [5, 5.41) is 5.98. The zero-order valence-corrected chi connectivity index (χ0v) is 14.8. The minimum atomic E-state index is -0.535. The van der Waals surface area contributed by atoms with Gasteiger partial charge in [0.15, 0.2) is 0 Å². The summed E-state index contributed by atoms with van der Waals surface area (Å²) in [5.41, 5.74) is 7.42. The predicted octanol–water partition coefficient (Wildman–Crippen LogP) is 2.14. The van der Waals surface area contributed by atoms with Crippen LogP contribution in [0.5, 0.6) is 0 Å². The van der Waals surface area contributed by atoms with Gasteiger partial charge in [0.1, 0.15) is 6.04 Å². The molecule has 2 amide bonds. The number of amides is 2. The first kappa shape index (κ1) is 18.5. The summed E-state index contributed by atoms with van der Waals surface area (Å²) in [6, 6.07) is 7.28. The third kappa shape index (κ3) is 4.81. The fourth-order valence-corrected chi connectivity index (χ4v) is 3.14. The Morgan fingerprint density at radius 1 is 1.12 bits per heavy atom. The molecule has 1 saturated carbocycles. The number of carbonyl (C=O) groups excluding carboxylic acids is 2. The van der Waals surface area contributed by atoms with E-state index < -0.39 is 6.04 Å². The lowest BCUT2D eigenvalue weighted by atomic mass is 9.91. The van der Waals surface area contributed by atoms with E-state index in [0.29, 0.717) is 5.56 Å². The number of benzene rings is 1. The normalized spacial score (nSPS) is 22.0. The van der Waals surface area contributed by atoms with Crippen molar-refractivity contribution >= 4 is 11.8 Å².